The highest BCUT2D eigenvalue weighted by molar-refractivity contribution is 7.85. The van der Waals surface area contributed by atoms with Gasteiger partial charge in [-0.2, -0.15) is 8.42 Å². The summed E-state index contributed by atoms with van der Waals surface area (Å²) in [7, 11) is -3.83. The second kappa shape index (κ2) is 9.90. The minimum atomic E-state index is -3.83. The van der Waals surface area contributed by atoms with Gasteiger partial charge < -0.3 is 18.9 Å². The molecule has 2 fully saturated rings. The first-order valence-electron chi connectivity index (χ1n) is 12.0. The highest BCUT2D eigenvalue weighted by atomic mass is 32.2. The third-order valence-electron chi connectivity index (χ3n) is 6.28. The third kappa shape index (κ3) is 5.26. The molecule has 5 rings (SSSR count). The first-order chi connectivity index (χ1) is 17.7. The minimum Gasteiger partial charge on any atom is -0.468 e. The molecule has 3 aromatic rings. The van der Waals surface area contributed by atoms with E-state index in [1.165, 1.54) is 0 Å². The summed E-state index contributed by atoms with van der Waals surface area (Å²) < 4.78 is 52.7. The molecule has 0 bridgehead atoms. The van der Waals surface area contributed by atoms with Crippen molar-refractivity contribution in [3.63, 3.8) is 0 Å². The Morgan fingerprint density at radius 3 is 1.78 bits per heavy atom. The van der Waals surface area contributed by atoms with Crippen molar-refractivity contribution >= 4 is 16.0 Å². The van der Waals surface area contributed by atoms with Crippen LogP contribution in [0.5, 0.6) is 0 Å². The molecule has 8 nitrogen and oxygen atoms in total. The minimum absolute atomic E-state index is 0.000617. The van der Waals surface area contributed by atoms with Crippen LogP contribution in [0, 0.1) is 0 Å². The molecular weight excluding hydrogens is 494 g/mol. The highest BCUT2D eigenvalue weighted by Gasteiger charge is 2.56. The van der Waals surface area contributed by atoms with E-state index in [1.54, 1.807) is 13.8 Å². The zero-order valence-electron chi connectivity index (χ0n) is 20.8. The van der Waals surface area contributed by atoms with Crippen LogP contribution in [0.3, 0.4) is 0 Å². The van der Waals surface area contributed by atoms with E-state index in [-0.39, 0.29) is 12.5 Å². The van der Waals surface area contributed by atoms with Crippen molar-refractivity contribution in [2.75, 3.05) is 12.9 Å². The molecule has 3 atom stereocenters. The summed E-state index contributed by atoms with van der Waals surface area (Å²) in [6.45, 7) is 3.65. The monoisotopic (exact) mass is 523 g/mol. The van der Waals surface area contributed by atoms with Crippen LogP contribution >= 0.6 is 0 Å². The number of oxime groups is 1. The number of benzene rings is 3. The number of ether oxygens (including phenoxy) is 4. The Bertz CT molecular complexity index is 1250. The maximum atomic E-state index is 11.5. The maximum absolute atomic E-state index is 11.5. The molecule has 0 unspecified atom stereocenters. The summed E-state index contributed by atoms with van der Waals surface area (Å²) >= 11 is 0. The molecule has 37 heavy (non-hydrogen) atoms. The molecule has 2 aliphatic rings. The maximum Gasteiger partial charge on any atom is 0.325 e. The van der Waals surface area contributed by atoms with Gasteiger partial charge in [0.25, 0.3) is 5.90 Å². The molecule has 194 valence electrons. The van der Waals surface area contributed by atoms with Gasteiger partial charge in [0.1, 0.15) is 11.7 Å². The molecule has 0 aliphatic carbocycles. The Kier molecular flexibility index (Phi) is 6.80. The van der Waals surface area contributed by atoms with Gasteiger partial charge in [0.15, 0.2) is 18.0 Å². The van der Waals surface area contributed by atoms with E-state index in [9.17, 15) is 8.42 Å². The molecule has 9 heteroatoms. The average Bonchev–Trinajstić information content (AvgIpc) is 3.37. The van der Waals surface area contributed by atoms with Crippen LogP contribution in [0.1, 0.15) is 30.5 Å². The number of hydrogen-bond donors (Lipinski definition) is 0. The van der Waals surface area contributed by atoms with Gasteiger partial charge in [0.05, 0.1) is 12.9 Å². The van der Waals surface area contributed by atoms with Crippen LogP contribution in [0.4, 0.5) is 0 Å². The summed E-state index contributed by atoms with van der Waals surface area (Å²) in [6.07, 6.45) is -1.03. The molecule has 0 N–H and O–H groups in total. The van der Waals surface area contributed by atoms with Crippen molar-refractivity contribution in [1.29, 1.82) is 0 Å². The van der Waals surface area contributed by atoms with E-state index in [1.807, 2.05) is 91.0 Å². The van der Waals surface area contributed by atoms with Crippen LogP contribution in [0.2, 0.25) is 0 Å². The van der Waals surface area contributed by atoms with Crippen LogP contribution in [0.25, 0.3) is 0 Å². The van der Waals surface area contributed by atoms with E-state index in [2.05, 4.69) is 9.44 Å². The Morgan fingerprint density at radius 1 is 0.838 bits per heavy atom. The Morgan fingerprint density at radius 2 is 1.32 bits per heavy atom. The van der Waals surface area contributed by atoms with E-state index in [0.717, 1.165) is 22.9 Å². The van der Waals surface area contributed by atoms with Gasteiger partial charge in [0, 0.05) is 0 Å². The van der Waals surface area contributed by atoms with Crippen molar-refractivity contribution in [1.82, 2.24) is 0 Å². The molecule has 0 saturated carbocycles. The van der Waals surface area contributed by atoms with Crippen molar-refractivity contribution in [2.45, 2.75) is 43.5 Å². The average molecular weight is 524 g/mol. The molecule has 0 radical (unpaired) electrons. The molecule has 2 saturated heterocycles. The lowest BCUT2D eigenvalue weighted by Gasteiger charge is -2.37. The highest BCUT2D eigenvalue weighted by Crippen LogP contribution is 2.42. The van der Waals surface area contributed by atoms with E-state index in [4.69, 9.17) is 18.9 Å². The lowest BCUT2D eigenvalue weighted by atomic mass is 9.80. The van der Waals surface area contributed by atoms with Crippen molar-refractivity contribution < 1.29 is 31.6 Å². The first-order valence-corrected chi connectivity index (χ1v) is 13.8. The van der Waals surface area contributed by atoms with E-state index >= 15 is 0 Å². The van der Waals surface area contributed by atoms with Crippen LogP contribution in [-0.2, 0) is 39.0 Å². The molecule has 0 aromatic heterocycles. The number of fused-ring (bicyclic) bond motifs is 1. The van der Waals surface area contributed by atoms with Gasteiger partial charge >= 0.3 is 10.1 Å². The molecule has 2 heterocycles. The smallest absolute Gasteiger partial charge is 0.325 e. The second-order valence-corrected chi connectivity index (χ2v) is 11.0. The predicted molar refractivity (Wildman–Crippen MR) is 137 cm³/mol. The topological polar surface area (TPSA) is 92.6 Å². The normalized spacial score (nSPS) is 24.0. The number of nitrogens with zero attached hydrogens (tertiary/aromatic N) is 1. The Balaban J connectivity index is 1.53. The largest absolute Gasteiger partial charge is 0.468 e. The van der Waals surface area contributed by atoms with E-state index < -0.39 is 39.8 Å². The van der Waals surface area contributed by atoms with Crippen molar-refractivity contribution in [3.8, 4) is 0 Å². The lowest BCUT2D eigenvalue weighted by Crippen LogP contribution is -2.39. The predicted octanol–water partition coefficient (Wildman–Crippen LogP) is 4.20. The van der Waals surface area contributed by atoms with Gasteiger partial charge in [0.2, 0.25) is 0 Å². The number of rotatable bonds is 8. The van der Waals surface area contributed by atoms with Crippen molar-refractivity contribution in [2.24, 2.45) is 5.16 Å². The quantitative estimate of drug-likeness (QED) is 0.323. The fourth-order valence-electron chi connectivity index (χ4n) is 4.82. The van der Waals surface area contributed by atoms with Gasteiger partial charge in [-0.25, -0.2) is 0 Å². The molecule has 2 aliphatic heterocycles. The van der Waals surface area contributed by atoms with Crippen LogP contribution in [0.15, 0.2) is 96.2 Å². The van der Waals surface area contributed by atoms with Gasteiger partial charge in [-0.3, -0.25) is 4.28 Å². The zero-order chi connectivity index (χ0) is 26.1. The fraction of sp³-hybridized carbons (Fsp3) is 0.321. The molecular formula is C28H29NO7S. The summed E-state index contributed by atoms with van der Waals surface area (Å²) in [5.74, 6) is -0.919. The van der Waals surface area contributed by atoms with Gasteiger partial charge in [-0.1, -0.05) is 91.0 Å². The second-order valence-electron chi connectivity index (χ2n) is 9.48. The molecule has 0 amide bonds. The molecule has 3 aromatic carbocycles. The third-order valence-corrected chi connectivity index (χ3v) is 6.62. The van der Waals surface area contributed by atoms with E-state index in [0.29, 0.717) is 0 Å². The van der Waals surface area contributed by atoms with Crippen LogP contribution < -0.4 is 0 Å². The van der Waals surface area contributed by atoms with Crippen LogP contribution in [-0.4, -0.2) is 51.3 Å². The Labute approximate surface area is 216 Å². The van der Waals surface area contributed by atoms with Gasteiger partial charge in [-0.05, 0) is 35.7 Å². The SMILES string of the molecule is CC1(C)O[C@@H]2[C@@H](COC(c3ccccc3)(c3ccccc3)c3ccccc3)O/C(=N/OS(C)(=O)=O)[C@@H]2O1. The van der Waals surface area contributed by atoms with Crippen molar-refractivity contribution in [3.05, 3.63) is 108 Å². The van der Waals surface area contributed by atoms with Gasteiger partial charge in [-0.15, -0.1) is 0 Å². The summed E-state index contributed by atoms with van der Waals surface area (Å²) in [5, 5.41) is 3.72. The number of hydrogen-bond acceptors (Lipinski definition) is 8. The molecule has 0 spiro atoms. The lowest BCUT2D eigenvalue weighted by molar-refractivity contribution is -0.165. The Hall–Kier alpha value is -3.24. The zero-order valence-corrected chi connectivity index (χ0v) is 21.6. The fourth-order valence-corrected chi connectivity index (χ4v) is 5.03. The standard InChI is InChI=1S/C28H29NO7S/c1-27(2)34-24-23(33-26(25(24)35-27)29-36-37(3,30)31)19-32-28(20-13-7-4-8-14-20,21-15-9-5-10-16-21)22-17-11-6-12-18-22/h4-18,23-25H,19H2,1-3H3/b29-26+/t23-,24-,25-/m1/s1. The first kappa shape index (κ1) is 25.4. The summed E-state index contributed by atoms with van der Waals surface area (Å²) in [5.41, 5.74) is 1.88. The summed E-state index contributed by atoms with van der Waals surface area (Å²) in [4.78, 5) is 0. The summed E-state index contributed by atoms with van der Waals surface area (Å²) in [6, 6.07) is 29.9.